The highest BCUT2D eigenvalue weighted by atomic mass is 16.5. The summed E-state index contributed by atoms with van der Waals surface area (Å²) in [6, 6.07) is 0. The zero-order chi connectivity index (χ0) is 12.1. The second-order valence-electron chi connectivity index (χ2n) is 3.24. The molecule has 0 bridgehead atoms. The van der Waals surface area contributed by atoms with Gasteiger partial charge in [-0.15, -0.1) is 0 Å². The van der Waals surface area contributed by atoms with Crippen molar-refractivity contribution in [2.24, 2.45) is 5.73 Å². The van der Waals surface area contributed by atoms with E-state index >= 15 is 0 Å². The van der Waals surface area contributed by atoms with E-state index in [0.29, 0.717) is 5.82 Å². The van der Waals surface area contributed by atoms with Crippen LogP contribution in [0.25, 0.3) is 0 Å². The van der Waals surface area contributed by atoms with Crippen LogP contribution in [0.15, 0.2) is 4.52 Å². The van der Waals surface area contributed by atoms with Crippen LogP contribution in [-0.2, 0) is 16.1 Å². The highest BCUT2D eigenvalue weighted by molar-refractivity contribution is 5.77. The molecular weight excluding hydrogens is 216 g/mol. The predicted octanol–water partition coefficient (Wildman–Crippen LogP) is -1.25. The van der Waals surface area contributed by atoms with Crippen molar-refractivity contribution in [3.05, 3.63) is 11.7 Å². The van der Waals surface area contributed by atoms with Crippen molar-refractivity contribution in [1.82, 2.24) is 15.0 Å². The lowest BCUT2D eigenvalue weighted by Gasteiger charge is -2.15. The second-order valence-corrected chi connectivity index (χ2v) is 3.24. The zero-order valence-electron chi connectivity index (χ0n) is 8.71. The molecule has 1 heterocycles. The Morgan fingerprint density at radius 2 is 2.19 bits per heavy atom. The largest absolute Gasteiger partial charge is 0.480 e. The fourth-order valence-corrected chi connectivity index (χ4v) is 1.17. The first-order valence-electron chi connectivity index (χ1n) is 4.49. The molecule has 0 aliphatic rings. The Morgan fingerprint density at radius 1 is 1.50 bits per heavy atom. The number of carboxylic acid groups (broad SMARTS) is 1. The first kappa shape index (κ1) is 12.1. The molecular formula is C8H12N4O4. The summed E-state index contributed by atoms with van der Waals surface area (Å²) in [5.74, 6) is -0.973. The van der Waals surface area contributed by atoms with Crippen LogP contribution in [0, 0.1) is 6.92 Å². The van der Waals surface area contributed by atoms with E-state index in [9.17, 15) is 9.59 Å². The van der Waals surface area contributed by atoms with Gasteiger partial charge in [0.15, 0.2) is 5.82 Å². The van der Waals surface area contributed by atoms with Crippen molar-refractivity contribution in [2.45, 2.75) is 13.5 Å². The minimum absolute atomic E-state index is 0.0794. The van der Waals surface area contributed by atoms with E-state index in [4.69, 9.17) is 15.4 Å². The van der Waals surface area contributed by atoms with Crippen LogP contribution in [-0.4, -0.2) is 45.1 Å². The Kier molecular flexibility index (Phi) is 3.95. The van der Waals surface area contributed by atoms with E-state index in [1.165, 1.54) is 4.90 Å². The van der Waals surface area contributed by atoms with Crippen LogP contribution in [0.2, 0.25) is 0 Å². The number of aryl methyl sites for hydroxylation is 1. The second kappa shape index (κ2) is 5.21. The molecule has 0 aliphatic carbocycles. The summed E-state index contributed by atoms with van der Waals surface area (Å²) in [6.45, 7) is 1.23. The molecule has 0 aromatic carbocycles. The molecule has 88 valence electrons. The van der Waals surface area contributed by atoms with Crippen molar-refractivity contribution >= 4 is 11.9 Å². The van der Waals surface area contributed by atoms with Crippen LogP contribution < -0.4 is 5.73 Å². The molecule has 0 atom stereocenters. The molecule has 3 N–H and O–H groups in total. The van der Waals surface area contributed by atoms with Gasteiger partial charge in [0.25, 0.3) is 0 Å². The maximum atomic E-state index is 10.7. The van der Waals surface area contributed by atoms with Gasteiger partial charge < -0.3 is 15.4 Å². The van der Waals surface area contributed by atoms with E-state index in [-0.39, 0.29) is 25.5 Å². The van der Waals surface area contributed by atoms with Crippen molar-refractivity contribution in [3.63, 3.8) is 0 Å². The van der Waals surface area contributed by atoms with Gasteiger partial charge in [0.05, 0.1) is 19.6 Å². The predicted molar refractivity (Wildman–Crippen MR) is 51.1 cm³/mol. The summed E-state index contributed by atoms with van der Waals surface area (Å²) in [6.07, 6.45) is 0. The summed E-state index contributed by atoms with van der Waals surface area (Å²) in [4.78, 5) is 26.4. The molecule has 8 heteroatoms. The molecule has 1 aromatic heterocycles. The number of hydrogen-bond donors (Lipinski definition) is 2. The minimum atomic E-state index is -1.06. The Bertz CT molecular complexity index is 373. The number of carboxylic acids is 1. The molecule has 8 nitrogen and oxygen atoms in total. The summed E-state index contributed by atoms with van der Waals surface area (Å²) in [7, 11) is 0. The number of nitrogens with zero attached hydrogens (tertiary/aromatic N) is 3. The van der Waals surface area contributed by atoms with Crippen LogP contribution in [0.4, 0.5) is 0 Å². The Morgan fingerprint density at radius 3 is 2.62 bits per heavy atom. The average molecular weight is 228 g/mol. The highest BCUT2D eigenvalue weighted by Crippen LogP contribution is 2.01. The van der Waals surface area contributed by atoms with E-state index in [2.05, 4.69) is 10.1 Å². The van der Waals surface area contributed by atoms with Gasteiger partial charge in [0, 0.05) is 0 Å². The lowest BCUT2D eigenvalue weighted by molar-refractivity contribution is -0.138. The number of carbonyl (C=O) groups is 2. The normalized spacial score (nSPS) is 10.6. The van der Waals surface area contributed by atoms with E-state index in [0.717, 1.165) is 0 Å². The molecule has 0 radical (unpaired) electrons. The van der Waals surface area contributed by atoms with E-state index in [1.54, 1.807) is 6.92 Å². The number of aliphatic carboxylic acids is 1. The first-order chi connectivity index (χ1) is 7.47. The third kappa shape index (κ3) is 4.05. The van der Waals surface area contributed by atoms with Crippen molar-refractivity contribution in [1.29, 1.82) is 0 Å². The SMILES string of the molecule is Cc1noc(CN(CC(N)=O)CC(=O)O)n1. The lowest BCUT2D eigenvalue weighted by atomic mass is 10.4. The minimum Gasteiger partial charge on any atom is -0.480 e. The van der Waals surface area contributed by atoms with Gasteiger partial charge in [0.1, 0.15) is 0 Å². The average Bonchev–Trinajstić information content (AvgIpc) is 2.48. The van der Waals surface area contributed by atoms with Crippen LogP contribution in [0.3, 0.4) is 0 Å². The molecule has 0 spiro atoms. The lowest BCUT2D eigenvalue weighted by Crippen LogP contribution is -2.36. The Hall–Kier alpha value is -1.96. The first-order valence-corrected chi connectivity index (χ1v) is 4.49. The number of nitrogens with two attached hydrogens (primary N) is 1. The standard InChI is InChI=1S/C8H12N4O4/c1-5-10-7(16-11-5)3-12(2-6(9)13)4-8(14)15/h2-4H2,1H3,(H2,9,13)(H,14,15). The maximum Gasteiger partial charge on any atom is 0.317 e. The van der Waals surface area contributed by atoms with Gasteiger partial charge in [-0.05, 0) is 6.92 Å². The molecule has 0 saturated carbocycles. The summed E-state index contributed by atoms with van der Waals surface area (Å²) in [5.41, 5.74) is 4.99. The van der Waals surface area contributed by atoms with Crippen LogP contribution in [0.1, 0.15) is 11.7 Å². The molecule has 0 aliphatic heterocycles. The summed E-state index contributed by atoms with van der Waals surface area (Å²) < 4.78 is 4.81. The quantitative estimate of drug-likeness (QED) is 0.623. The molecule has 1 rings (SSSR count). The van der Waals surface area contributed by atoms with Crippen molar-refractivity contribution < 1.29 is 19.2 Å². The third-order valence-electron chi connectivity index (χ3n) is 1.67. The van der Waals surface area contributed by atoms with E-state index in [1.807, 2.05) is 0 Å². The molecule has 1 aromatic rings. The Balaban J connectivity index is 2.62. The van der Waals surface area contributed by atoms with Crippen molar-refractivity contribution in [2.75, 3.05) is 13.1 Å². The fourth-order valence-electron chi connectivity index (χ4n) is 1.17. The molecule has 16 heavy (non-hydrogen) atoms. The van der Waals surface area contributed by atoms with Gasteiger partial charge in [-0.3, -0.25) is 14.5 Å². The van der Waals surface area contributed by atoms with E-state index < -0.39 is 11.9 Å². The van der Waals surface area contributed by atoms with Crippen LogP contribution in [0.5, 0.6) is 0 Å². The molecule has 0 fully saturated rings. The van der Waals surface area contributed by atoms with Gasteiger partial charge in [-0.1, -0.05) is 5.16 Å². The molecule has 0 saturated heterocycles. The number of primary amides is 1. The molecule has 0 unspecified atom stereocenters. The van der Waals surface area contributed by atoms with Crippen molar-refractivity contribution in [3.8, 4) is 0 Å². The third-order valence-corrected chi connectivity index (χ3v) is 1.67. The van der Waals surface area contributed by atoms with Gasteiger partial charge in [-0.2, -0.15) is 4.98 Å². The molecule has 1 amide bonds. The summed E-state index contributed by atoms with van der Waals surface area (Å²) in [5, 5.41) is 12.2. The van der Waals surface area contributed by atoms with Gasteiger partial charge >= 0.3 is 5.97 Å². The Labute approximate surface area is 91.0 Å². The van der Waals surface area contributed by atoms with Gasteiger partial charge in [0.2, 0.25) is 11.8 Å². The van der Waals surface area contributed by atoms with Gasteiger partial charge in [-0.25, -0.2) is 0 Å². The fraction of sp³-hybridized carbons (Fsp3) is 0.500. The summed E-state index contributed by atoms with van der Waals surface area (Å²) >= 11 is 0. The monoisotopic (exact) mass is 228 g/mol. The maximum absolute atomic E-state index is 10.7. The number of aromatic nitrogens is 2. The number of hydrogen-bond acceptors (Lipinski definition) is 6. The number of amides is 1. The number of carbonyl (C=O) groups excluding carboxylic acids is 1. The van der Waals surface area contributed by atoms with Crippen LogP contribution >= 0.6 is 0 Å². The topological polar surface area (TPSA) is 123 Å². The zero-order valence-corrected chi connectivity index (χ0v) is 8.71. The number of rotatable bonds is 6. The highest BCUT2D eigenvalue weighted by Gasteiger charge is 2.15. The smallest absolute Gasteiger partial charge is 0.317 e.